The second-order valence-electron chi connectivity index (χ2n) is 4.16. The van der Waals surface area contributed by atoms with Crippen LogP contribution in [-0.2, 0) is 21.4 Å². The summed E-state index contributed by atoms with van der Waals surface area (Å²) in [6.45, 7) is 1.22. The minimum absolute atomic E-state index is 0.0865. The minimum atomic E-state index is -3.62. The first-order valence-electron chi connectivity index (χ1n) is 5.95. The Morgan fingerprint density at radius 1 is 1.37 bits per heavy atom. The van der Waals surface area contributed by atoms with Crippen LogP contribution in [0.1, 0.15) is 5.56 Å². The SMILES string of the molecule is COc1ccc(CO)cc1S(=O)(=O)N1CCOCC1. The lowest BCUT2D eigenvalue weighted by atomic mass is 10.2. The first kappa shape index (κ1) is 14.3. The Kier molecular flexibility index (Phi) is 4.41. The van der Waals surface area contributed by atoms with Crippen molar-refractivity contribution in [1.82, 2.24) is 4.31 Å². The summed E-state index contributed by atoms with van der Waals surface area (Å²) < 4.78 is 36.7. The van der Waals surface area contributed by atoms with Gasteiger partial charge in [-0.25, -0.2) is 8.42 Å². The smallest absolute Gasteiger partial charge is 0.246 e. The van der Waals surface area contributed by atoms with Crippen LogP contribution in [0.2, 0.25) is 0 Å². The van der Waals surface area contributed by atoms with E-state index in [-0.39, 0.29) is 17.3 Å². The fraction of sp³-hybridized carbons (Fsp3) is 0.500. The molecule has 0 aliphatic carbocycles. The van der Waals surface area contributed by atoms with Crippen LogP contribution in [-0.4, -0.2) is 51.2 Å². The average Bonchev–Trinajstić information content (AvgIpc) is 2.47. The zero-order valence-corrected chi connectivity index (χ0v) is 11.5. The molecule has 7 heteroatoms. The number of aliphatic hydroxyl groups excluding tert-OH is 1. The maximum absolute atomic E-state index is 12.5. The van der Waals surface area contributed by atoms with Crippen molar-refractivity contribution in [3.05, 3.63) is 23.8 Å². The third-order valence-corrected chi connectivity index (χ3v) is 4.92. The van der Waals surface area contributed by atoms with Gasteiger partial charge in [0.2, 0.25) is 10.0 Å². The molecule has 1 N–H and O–H groups in total. The first-order valence-corrected chi connectivity index (χ1v) is 7.39. The molecule has 1 aliphatic heterocycles. The lowest BCUT2D eigenvalue weighted by Crippen LogP contribution is -2.40. The van der Waals surface area contributed by atoms with Crippen molar-refractivity contribution in [2.75, 3.05) is 33.4 Å². The molecule has 1 fully saturated rings. The summed E-state index contributed by atoms with van der Waals surface area (Å²) in [5, 5.41) is 9.13. The quantitative estimate of drug-likeness (QED) is 0.856. The standard InChI is InChI=1S/C12H17NO5S/c1-17-11-3-2-10(9-14)8-12(11)19(15,16)13-4-6-18-7-5-13/h2-3,8,14H,4-7,9H2,1H3. The van der Waals surface area contributed by atoms with E-state index in [1.165, 1.54) is 17.5 Å². The van der Waals surface area contributed by atoms with Crippen molar-refractivity contribution >= 4 is 10.0 Å². The molecular formula is C12H17NO5S. The molecule has 0 atom stereocenters. The zero-order valence-electron chi connectivity index (χ0n) is 10.7. The molecule has 1 aromatic carbocycles. The van der Waals surface area contributed by atoms with Crippen molar-refractivity contribution in [3.8, 4) is 5.75 Å². The lowest BCUT2D eigenvalue weighted by Gasteiger charge is -2.26. The number of morpholine rings is 1. The normalized spacial score (nSPS) is 17.4. The highest BCUT2D eigenvalue weighted by Gasteiger charge is 2.29. The number of methoxy groups -OCH3 is 1. The number of ether oxygens (including phenoxy) is 2. The van der Waals surface area contributed by atoms with Gasteiger partial charge in [-0.05, 0) is 17.7 Å². The van der Waals surface area contributed by atoms with Crippen LogP contribution in [0, 0.1) is 0 Å². The summed E-state index contributed by atoms with van der Waals surface area (Å²) in [7, 11) is -2.20. The number of aliphatic hydroxyl groups is 1. The molecule has 0 spiro atoms. The van der Waals surface area contributed by atoms with E-state index in [9.17, 15) is 8.42 Å². The second kappa shape index (κ2) is 5.87. The highest BCUT2D eigenvalue weighted by Crippen LogP contribution is 2.28. The van der Waals surface area contributed by atoms with Crippen molar-refractivity contribution in [1.29, 1.82) is 0 Å². The number of hydrogen-bond acceptors (Lipinski definition) is 5. The molecule has 1 heterocycles. The Hall–Kier alpha value is -1.15. The Bertz CT molecular complexity index is 537. The number of sulfonamides is 1. The van der Waals surface area contributed by atoms with E-state index in [1.807, 2.05) is 0 Å². The van der Waals surface area contributed by atoms with Crippen molar-refractivity contribution in [2.45, 2.75) is 11.5 Å². The highest BCUT2D eigenvalue weighted by molar-refractivity contribution is 7.89. The van der Waals surface area contributed by atoms with Gasteiger partial charge in [0.05, 0.1) is 26.9 Å². The molecule has 6 nitrogen and oxygen atoms in total. The molecule has 1 aliphatic rings. The topological polar surface area (TPSA) is 76.1 Å². The molecule has 0 amide bonds. The average molecular weight is 287 g/mol. The van der Waals surface area contributed by atoms with Crippen molar-refractivity contribution in [2.24, 2.45) is 0 Å². The first-order chi connectivity index (χ1) is 9.09. The van der Waals surface area contributed by atoms with Gasteiger partial charge in [-0.1, -0.05) is 6.07 Å². The number of nitrogens with zero attached hydrogens (tertiary/aromatic N) is 1. The third-order valence-electron chi connectivity index (χ3n) is 3.00. The monoisotopic (exact) mass is 287 g/mol. The predicted octanol–water partition coefficient (Wildman–Crippen LogP) is 0.208. The van der Waals surface area contributed by atoms with E-state index < -0.39 is 10.0 Å². The van der Waals surface area contributed by atoms with E-state index in [2.05, 4.69) is 0 Å². The maximum atomic E-state index is 12.5. The number of hydrogen-bond donors (Lipinski definition) is 1. The molecule has 1 aromatic rings. The molecule has 1 saturated heterocycles. The Morgan fingerprint density at radius 2 is 2.05 bits per heavy atom. The van der Waals surface area contributed by atoms with E-state index in [0.717, 1.165) is 0 Å². The lowest BCUT2D eigenvalue weighted by molar-refractivity contribution is 0.0729. The van der Waals surface area contributed by atoms with Gasteiger partial charge >= 0.3 is 0 Å². The fourth-order valence-corrected chi connectivity index (χ4v) is 3.56. The largest absolute Gasteiger partial charge is 0.495 e. The second-order valence-corrected chi connectivity index (χ2v) is 6.07. The molecule has 0 saturated carbocycles. The van der Waals surface area contributed by atoms with Gasteiger partial charge in [-0.15, -0.1) is 0 Å². The van der Waals surface area contributed by atoms with Crippen LogP contribution in [0.3, 0.4) is 0 Å². The van der Waals surface area contributed by atoms with Gasteiger partial charge in [0.15, 0.2) is 0 Å². The maximum Gasteiger partial charge on any atom is 0.246 e. The van der Waals surface area contributed by atoms with E-state index >= 15 is 0 Å². The van der Waals surface area contributed by atoms with Crippen molar-refractivity contribution in [3.63, 3.8) is 0 Å². The van der Waals surface area contributed by atoms with Crippen LogP contribution in [0.5, 0.6) is 5.75 Å². The van der Waals surface area contributed by atoms with Gasteiger partial charge < -0.3 is 14.6 Å². The van der Waals surface area contributed by atoms with E-state index in [0.29, 0.717) is 31.9 Å². The molecule has 0 radical (unpaired) electrons. The van der Waals surface area contributed by atoms with Gasteiger partial charge in [0.1, 0.15) is 10.6 Å². The fourth-order valence-electron chi connectivity index (χ4n) is 1.95. The Balaban J connectivity index is 2.43. The summed E-state index contributed by atoms with van der Waals surface area (Å²) in [5.74, 6) is 0.281. The Morgan fingerprint density at radius 3 is 2.63 bits per heavy atom. The summed E-state index contributed by atoms with van der Waals surface area (Å²) in [5.41, 5.74) is 0.535. The highest BCUT2D eigenvalue weighted by atomic mass is 32.2. The van der Waals surface area contributed by atoms with Crippen LogP contribution < -0.4 is 4.74 Å². The van der Waals surface area contributed by atoms with Crippen LogP contribution in [0.4, 0.5) is 0 Å². The molecule has 0 unspecified atom stereocenters. The van der Waals surface area contributed by atoms with Crippen LogP contribution >= 0.6 is 0 Å². The molecule has 106 valence electrons. The third kappa shape index (κ3) is 2.89. The molecular weight excluding hydrogens is 270 g/mol. The molecule has 2 rings (SSSR count). The van der Waals surface area contributed by atoms with Gasteiger partial charge in [-0.2, -0.15) is 4.31 Å². The van der Waals surface area contributed by atoms with Crippen LogP contribution in [0.15, 0.2) is 23.1 Å². The summed E-state index contributed by atoms with van der Waals surface area (Å²) in [6.07, 6.45) is 0. The number of rotatable bonds is 4. The minimum Gasteiger partial charge on any atom is -0.495 e. The molecule has 0 aromatic heterocycles. The van der Waals surface area contributed by atoms with E-state index in [1.54, 1.807) is 12.1 Å². The summed E-state index contributed by atoms with van der Waals surface area (Å²) in [4.78, 5) is 0.0865. The summed E-state index contributed by atoms with van der Waals surface area (Å²) >= 11 is 0. The summed E-state index contributed by atoms with van der Waals surface area (Å²) in [6, 6.07) is 4.64. The molecule has 0 bridgehead atoms. The van der Waals surface area contributed by atoms with Crippen molar-refractivity contribution < 1.29 is 23.0 Å². The van der Waals surface area contributed by atoms with Gasteiger partial charge in [-0.3, -0.25) is 0 Å². The van der Waals surface area contributed by atoms with Gasteiger partial charge in [0, 0.05) is 13.1 Å². The van der Waals surface area contributed by atoms with Gasteiger partial charge in [0.25, 0.3) is 0 Å². The predicted molar refractivity (Wildman–Crippen MR) is 68.5 cm³/mol. The van der Waals surface area contributed by atoms with Crippen LogP contribution in [0.25, 0.3) is 0 Å². The Labute approximate surface area is 112 Å². The number of benzene rings is 1. The van der Waals surface area contributed by atoms with E-state index in [4.69, 9.17) is 14.6 Å². The molecule has 19 heavy (non-hydrogen) atoms. The zero-order chi connectivity index (χ0) is 13.9.